The maximum Gasteiger partial charge on any atom is 0.0212 e. The van der Waals surface area contributed by atoms with E-state index in [2.05, 4.69) is 103 Å². The lowest BCUT2D eigenvalue weighted by Gasteiger charge is -2.19. The van der Waals surface area contributed by atoms with Crippen molar-refractivity contribution in [2.24, 2.45) is 0 Å². The molecule has 5 aromatic carbocycles. The molecule has 0 atom stereocenters. The summed E-state index contributed by atoms with van der Waals surface area (Å²) in [4.78, 5) is 0. The SMILES string of the molecule is [CH]1C(c2cccc3c2ccc2ccccc23)=Cc2cccc3cccc1c23. The van der Waals surface area contributed by atoms with E-state index in [0.717, 1.165) is 0 Å². The van der Waals surface area contributed by atoms with E-state index in [0.29, 0.717) is 0 Å². The normalized spacial score (nSPS) is 13.3. The van der Waals surface area contributed by atoms with Crippen molar-refractivity contribution >= 4 is 44.0 Å². The molecular weight excluding hydrogens is 324 g/mol. The maximum atomic E-state index is 2.33. The summed E-state index contributed by atoms with van der Waals surface area (Å²) in [5, 5.41) is 7.90. The van der Waals surface area contributed by atoms with Crippen molar-refractivity contribution < 1.29 is 0 Å². The molecule has 0 heterocycles. The van der Waals surface area contributed by atoms with Crippen LogP contribution in [0.15, 0.2) is 91.0 Å². The third kappa shape index (κ3) is 2.17. The van der Waals surface area contributed by atoms with E-state index in [-0.39, 0.29) is 0 Å². The first-order valence-corrected chi connectivity index (χ1v) is 9.37. The van der Waals surface area contributed by atoms with Crippen LogP contribution in [-0.2, 0) is 0 Å². The molecule has 0 unspecified atom stereocenters. The van der Waals surface area contributed by atoms with Gasteiger partial charge in [-0.25, -0.2) is 0 Å². The van der Waals surface area contributed by atoms with E-state index in [1.807, 2.05) is 0 Å². The molecule has 27 heavy (non-hydrogen) atoms. The van der Waals surface area contributed by atoms with E-state index >= 15 is 0 Å². The van der Waals surface area contributed by atoms with Crippen molar-refractivity contribution in [1.29, 1.82) is 0 Å². The fourth-order valence-corrected chi connectivity index (χ4v) is 4.46. The predicted octanol–water partition coefficient (Wildman–Crippen LogP) is 7.25. The van der Waals surface area contributed by atoms with Gasteiger partial charge in [-0.1, -0.05) is 91.0 Å². The summed E-state index contributed by atoms with van der Waals surface area (Å²) in [7, 11) is 0. The molecule has 1 aliphatic rings. The van der Waals surface area contributed by atoms with Crippen molar-refractivity contribution in [3.05, 3.63) is 114 Å². The molecule has 0 spiro atoms. The molecule has 0 fully saturated rings. The molecule has 0 heteroatoms. The van der Waals surface area contributed by atoms with Gasteiger partial charge < -0.3 is 0 Å². The topological polar surface area (TPSA) is 0 Å². The Morgan fingerprint density at radius 3 is 2.11 bits per heavy atom. The van der Waals surface area contributed by atoms with Crippen molar-refractivity contribution in [3.8, 4) is 0 Å². The monoisotopic (exact) mass is 341 g/mol. The maximum absolute atomic E-state index is 2.33. The first kappa shape index (κ1) is 14.8. The van der Waals surface area contributed by atoms with Crippen molar-refractivity contribution in [3.63, 3.8) is 0 Å². The molecule has 0 saturated heterocycles. The molecule has 0 N–H and O–H groups in total. The van der Waals surface area contributed by atoms with Gasteiger partial charge in [-0.05, 0) is 60.7 Å². The molecule has 0 saturated carbocycles. The third-order valence-corrected chi connectivity index (χ3v) is 5.69. The molecule has 125 valence electrons. The number of rotatable bonds is 1. The highest BCUT2D eigenvalue weighted by molar-refractivity contribution is 6.14. The Kier molecular flexibility index (Phi) is 3.04. The molecular formula is C27H17. The Bertz CT molecular complexity index is 1380. The van der Waals surface area contributed by atoms with E-state index in [9.17, 15) is 0 Å². The zero-order valence-electron chi connectivity index (χ0n) is 14.8. The zero-order chi connectivity index (χ0) is 17.8. The average molecular weight is 341 g/mol. The second-order valence-electron chi connectivity index (χ2n) is 7.22. The van der Waals surface area contributed by atoms with Gasteiger partial charge in [0.15, 0.2) is 0 Å². The van der Waals surface area contributed by atoms with Gasteiger partial charge in [0, 0.05) is 6.42 Å². The average Bonchev–Trinajstić information content (AvgIpc) is 2.73. The summed E-state index contributed by atoms with van der Waals surface area (Å²) in [5.74, 6) is 0. The van der Waals surface area contributed by atoms with E-state index in [4.69, 9.17) is 0 Å². The Balaban J connectivity index is 1.64. The van der Waals surface area contributed by atoms with Gasteiger partial charge in [-0.15, -0.1) is 0 Å². The zero-order valence-corrected chi connectivity index (χ0v) is 14.8. The number of allylic oxidation sites excluding steroid dienone is 1. The molecule has 0 amide bonds. The van der Waals surface area contributed by atoms with Crippen LogP contribution in [-0.4, -0.2) is 0 Å². The van der Waals surface area contributed by atoms with Crippen molar-refractivity contribution in [2.75, 3.05) is 0 Å². The Morgan fingerprint density at radius 2 is 1.19 bits per heavy atom. The second kappa shape index (κ2) is 5.56. The molecule has 5 aromatic rings. The fraction of sp³-hybridized carbons (Fsp3) is 0. The van der Waals surface area contributed by atoms with Gasteiger partial charge in [0.05, 0.1) is 0 Å². The summed E-state index contributed by atoms with van der Waals surface area (Å²) >= 11 is 0. The van der Waals surface area contributed by atoms with Gasteiger partial charge in [0.2, 0.25) is 0 Å². The standard InChI is InChI=1S/C27H17/c1-2-11-23-18(6-1)14-15-26-24(12-5-13-25(23)26)22-16-20-9-3-7-19-8-4-10-21(17-22)27(19)20/h1-17H. The summed E-state index contributed by atoms with van der Waals surface area (Å²) in [6.07, 6.45) is 4.67. The third-order valence-electron chi connectivity index (χ3n) is 5.69. The second-order valence-corrected chi connectivity index (χ2v) is 7.22. The molecule has 0 aliphatic heterocycles. The molecule has 0 bridgehead atoms. The fourth-order valence-electron chi connectivity index (χ4n) is 4.46. The highest BCUT2D eigenvalue weighted by atomic mass is 14.2. The summed E-state index contributed by atoms with van der Waals surface area (Å²) in [5.41, 5.74) is 5.18. The van der Waals surface area contributed by atoms with Crippen LogP contribution >= 0.6 is 0 Å². The van der Waals surface area contributed by atoms with Crippen LogP contribution < -0.4 is 0 Å². The highest BCUT2D eigenvalue weighted by Gasteiger charge is 2.16. The summed E-state index contributed by atoms with van der Waals surface area (Å²) in [6.45, 7) is 0. The van der Waals surface area contributed by atoms with E-state index in [1.54, 1.807) is 0 Å². The minimum absolute atomic E-state index is 1.28. The number of hydrogen-bond acceptors (Lipinski definition) is 0. The van der Waals surface area contributed by atoms with Crippen molar-refractivity contribution in [2.45, 2.75) is 0 Å². The Hall–Kier alpha value is -3.38. The van der Waals surface area contributed by atoms with Crippen LogP contribution in [0.1, 0.15) is 16.7 Å². The highest BCUT2D eigenvalue weighted by Crippen LogP contribution is 2.39. The first-order chi connectivity index (χ1) is 13.4. The van der Waals surface area contributed by atoms with Gasteiger partial charge in [0.25, 0.3) is 0 Å². The van der Waals surface area contributed by atoms with Gasteiger partial charge >= 0.3 is 0 Å². The van der Waals surface area contributed by atoms with Crippen LogP contribution in [0, 0.1) is 6.42 Å². The Labute approximate surface area is 158 Å². The smallest absolute Gasteiger partial charge is 0.0212 e. The minimum Gasteiger partial charge on any atom is -0.0616 e. The summed E-state index contributed by atoms with van der Waals surface area (Å²) < 4.78 is 0. The lowest BCUT2D eigenvalue weighted by Crippen LogP contribution is -1.97. The number of fused-ring (bicyclic) bond motifs is 3. The van der Waals surface area contributed by atoms with Gasteiger partial charge in [-0.2, -0.15) is 0 Å². The lowest BCUT2D eigenvalue weighted by molar-refractivity contribution is 1.53. The molecule has 0 aromatic heterocycles. The minimum atomic E-state index is 1.28. The first-order valence-electron chi connectivity index (χ1n) is 9.37. The molecule has 1 radical (unpaired) electrons. The largest absolute Gasteiger partial charge is 0.0616 e. The van der Waals surface area contributed by atoms with Crippen LogP contribution in [0.3, 0.4) is 0 Å². The van der Waals surface area contributed by atoms with Crippen LogP contribution in [0.5, 0.6) is 0 Å². The number of hydrogen-bond donors (Lipinski definition) is 0. The molecule has 6 rings (SSSR count). The van der Waals surface area contributed by atoms with Crippen LogP contribution in [0.25, 0.3) is 44.0 Å². The summed E-state index contributed by atoms with van der Waals surface area (Å²) in [6, 6.07) is 32.9. The predicted molar refractivity (Wildman–Crippen MR) is 117 cm³/mol. The Morgan fingerprint density at radius 1 is 0.444 bits per heavy atom. The lowest BCUT2D eigenvalue weighted by atomic mass is 9.84. The van der Waals surface area contributed by atoms with Gasteiger partial charge in [0.1, 0.15) is 0 Å². The van der Waals surface area contributed by atoms with E-state index < -0.39 is 0 Å². The van der Waals surface area contributed by atoms with Crippen LogP contribution in [0.2, 0.25) is 0 Å². The van der Waals surface area contributed by atoms with Gasteiger partial charge in [-0.3, -0.25) is 0 Å². The number of benzene rings is 5. The van der Waals surface area contributed by atoms with Crippen molar-refractivity contribution in [1.82, 2.24) is 0 Å². The quantitative estimate of drug-likeness (QED) is 0.282. The van der Waals surface area contributed by atoms with E-state index in [1.165, 1.54) is 54.6 Å². The molecule has 0 nitrogen and oxygen atoms in total. The molecule has 1 aliphatic carbocycles. The van der Waals surface area contributed by atoms with Crippen LogP contribution in [0.4, 0.5) is 0 Å².